The fourth-order valence-corrected chi connectivity index (χ4v) is 2.04. The fourth-order valence-electron chi connectivity index (χ4n) is 2.04. The average molecular weight is 269 g/mol. The van der Waals surface area contributed by atoms with Gasteiger partial charge in [-0.25, -0.2) is 4.98 Å². The van der Waals surface area contributed by atoms with Crippen LogP contribution in [0.1, 0.15) is 18.8 Å². The van der Waals surface area contributed by atoms with Crippen molar-refractivity contribution in [2.75, 3.05) is 0 Å². The van der Waals surface area contributed by atoms with Gasteiger partial charge in [-0.3, -0.25) is 9.48 Å². The molecule has 3 rings (SSSR count). The van der Waals surface area contributed by atoms with Gasteiger partial charge in [0.25, 0.3) is 0 Å². The first kappa shape index (κ1) is 12.4. The van der Waals surface area contributed by atoms with Crippen molar-refractivity contribution in [3.8, 4) is 0 Å². The van der Waals surface area contributed by atoms with Crippen LogP contribution >= 0.6 is 0 Å². The molecule has 0 fully saturated rings. The molecule has 0 spiro atoms. The van der Waals surface area contributed by atoms with Crippen molar-refractivity contribution in [2.24, 2.45) is 0 Å². The molecule has 0 radical (unpaired) electrons. The number of nitrogens with one attached hydrogen (secondary N) is 2. The lowest BCUT2D eigenvalue weighted by Gasteiger charge is -2.11. The third kappa shape index (κ3) is 2.40. The highest BCUT2D eigenvalue weighted by Gasteiger charge is 2.14. The number of nitrogens with zero attached hydrogens (tertiary/aromatic N) is 3. The summed E-state index contributed by atoms with van der Waals surface area (Å²) in [6.07, 6.45) is 3.43. The summed E-state index contributed by atoms with van der Waals surface area (Å²) >= 11 is 0. The van der Waals surface area contributed by atoms with Crippen molar-refractivity contribution in [3.63, 3.8) is 0 Å². The van der Waals surface area contributed by atoms with Gasteiger partial charge >= 0.3 is 0 Å². The van der Waals surface area contributed by atoms with Crippen LogP contribution in [-0.4, -0.2) is 25.7 Å². The first-order valence-corrected chi connectivity index (χ1v) is 6.44. The highest BCUT2D eigenvalue weighted by Crippen LogP contribution is 2.10. The van der Waals surface area contributed by atoms with E-state index < -0.39 is 0 Å². The molecule has 0 aliphatic carbocycles. The molecule has 2 aromatic heterocycles. The Morgan fingerprint density at radius 1 is 1.40 bits per heavy atom. The minimum Gasteiger partial charge on any atom is -0.347 e. The van der Waals surface area contributed by atoms with E-state index in [2.05, 4.69) is 20.4 Å². The van der Waals surface area contributed by atoms with Gasteiger partial charge in [0.15, 0.2) is 0 Å². The molecule has 0 saturated heterocycles. The van der Waals surface area contributed by atoms with E-state index in [1.807, 2.05) is 24.3 Å². The average Bonchev–Trinajstić information content (AvgIpc) is 3.12. The molecule has 6 nitrogen and oxygen atoms in total. The van der Waals surface area contributed by atoms with Crippen LogP contribution in [-0.2, 0) is 11.3 Å². The topological polar surface area (TPSA) is 75.6 Å². The number of imidazole rings is 1. The monoisotopic (exact) mass is 269 g/mol. The van der Waals surface area contributed by atoms with Gasteiger partial charge in [-0.15, -0.1) is 0 Å². The van der Waals surface area contributed by atoms with E-state index in [0.717, 1.165) is 16.9 Å². The van der Waals surface area contributed by atoms with Gasteiger partial charge in [-0.1, -0.05) is 12.1 Å². The minimum absolute atomic E-state index is 0.0887. The Morgan fingerprint density at radius 3 is 3.00 bits per heavy atom. The fraction of sp³-hybridized carbons (Fsp3) is 0.214. The van der Waals surface area contributed by atoms with Crippen LogP contribution in [0.2, 0.25) is 0 Å². The zero-order valence-corrected chi connectivity index (χ0v) is 11.1. The lowest BCUT2D eigenvalue weighted by Crippen LogP contribution is -2.31. The quantitative estimate of drug-likeness (QED) is 0.756. The van der Waals surface area contributed by atoms with E-state index in [-0.39, 0.29) is 11.9 Å². The molecule has 102 valence electrons. The number of hydrogen-bond acceptors (Lipinski definition) is 3. The van der Waals surface area contributed by atoms with Crippen molar-refractivity contribution >= 4 is 16.9 Å². The molecule has 0 saturated carbocycles. The van der Waals surface area contributed by atoms with Crippen LogP contribution in [0, 0.1) is 0 Å². The van der Waals surface area contributed by atoms with Crippen molar-refractivity contribution in [2.45, 2.75) is 19.5 Å². The van der Waals surface area contributed by atoms with Crippen LogP contribution in [0.15, 0.2) is 42.7 Å². The van der Waals surface area contributed by atoms with Gasteiger partial charge in [0, 0.05) is 12.4 Å². The molecule has 1 aromatic carbocycles. The Morgan fingerprint density at radius 2 is 2.25 bits per heavy atom. The molecular weight excluding hydrogens is 254 g/mol. The van der Waals surface area contributed by atoms with Gasteiger partial charge in [0.2, 0.25) is 5.91 Å². The van der Waals surface area contributed by atoms with Crippen LogP contribution < -0.4 is 5.32 Å². The number of rotatable bonds is 4. The van der Waals surface area contributed by atoms with E-state index in [9.17, 15) is 4.79 Å². The van der Waals surface area contributed by atoms with Crippen molar-refractivity contribution < 1.29 is 4.79 Å². The molecule has 1 unspecified atom stereocenters. The van der Waals surface area contributed by atoms with Crippen LogP contribution in [0.4, 0.5) is 0 Å². The second-order valence-corrected chi connectivity index (χ2v) is 4.58. The first-order valence-electron chi connectivity index (χ1n) is 6.44. The highest BCUT2D eigenvalue weighted by atomic mass is 16.2. The smallest absolute Gasteiger partial charge is 0.244 e. The summed E-state index contributed by atoms with van der Waals surface area (Å²) in [4.78, 5) is 19.6. The van der Waals surface area contributed by atoms with Crippen molar-refractivity contribution in [1.82, 2.24) is 25.1 Å². The van der Waals surface area contributed by atoms with E-state index in [0.29, 0.717) is 6.54 Å². The lowest BCUT2D eigenvalue weighted by molar-refractivity contribution is -0.124. The number of H-pyrrole nitrogens is 1. The summed E-state index contributed by atoms with van der Waals surface area (Å²) in [5.74, 6) is 0.654. The summed E-state index contributed by atoms with van der Waals surface area (Å²) < 4.78 is 1.62. The summed E-state index contributed by atoms with van der Waals surface area (Å²) in [5.41, 5.74) is 1.87. The molecule has 20 heavy (non-hydrogen) atoms. The maximum atomic E-state index is 12.0. The van der Waals surface area contributed by atoms with E-state index >= 15 is 0 Å². The lowest BCUT2D eigenvalue weighted by atomic mass is 10.3. The summed E-state index contributed by atoms with van der Waals surface area (Å²) in [5, 5.41) is 6.91. The summed E-state index contributed by atoms with van der Waals surface area (Å²) in [6, 6.07) is 9.23. The van der Waals surface area contributed by atoms with E-state index in [4.69, 9.17) is 0 Å². The minimum atomic E-state index is -0.339. The number of aromatic amines is 1. The number of aromatic nitrogens is 4. The maximum absolute atomic E-state index is 12.0. The standard InChI is InChI=1S/C14H15N5O/c1-10(19-8-4-7-16-19)14(20)15-9-13-17-11-5-2-3-6-12(11)18-13/h2-8,10H,9H2,1H3,(H,15,20)(H,17,18). The van der Waals surface area contributed by atoms with Gasteiger partial charge in [0.1, 0.15) is 11.9 Å². The molecule has 0 bridgehead atoms. The zero-order chi connectivity index (χ0) is 13.9. The van der Waals surface area contributed by atoms with Crippen molar-refractivity contribution in [3.05, 3.63) is 48.5 Å². The number of para-hydroxylation sites is 2. The Balaban J connectivity index is 1.65. The van der Waals surface area contributed by atoms with Gasteiger partial charge in [-0.2, -0.15) is 5.10 Å². The van der Waals surface area contributed by atoms with Gasteiger partial charge in [0.05, 0.1) is 17.6 Å². The number of benzene rings is 1. The number of carbonyl (C=O) groups excluding carboxylic acids is 1. The number of amides is 1. The highest BCUT2D eigenvalue weighted by molar-refractivity contribution is 5.80. The molecule has 1 amide bonds. The van der Waals surface area contributed by atoms with Crippen LogP contribution in [0.5, 0.6) is 0 Å². The molecular formula is C14H15N5O. The third-order valence-corrected chi connectivity index (χ3v) is 3.17. The molecule has 3 aromatic rings. The molecule has 6 heteroatoms. The van der Waals surface area contributed by atoms with Crippen LogP contribution in [0.25, 0.3) is 11.0 Å². The molecule has 2 N–H and O–H groups in total. The second-order valence-electron chi connectivity index (χ2n) is 4.58. The summed E-state index contributed by atoms with van der Waals surface area (Å²) in [7, 11) is 0. The Hall–Kier alpha value is -2.63. The normalized spacial score (nSPS) is 12.4. The Kier molecular flexibility index (Phi) is 3.20. The van der Waals surface area contributed by atoms with Gasteiger partial charge < -0.3 is 10.3 Å². The first-order chi connectivity index (χ1) is 9.74. The largest absolute Gasteiger partial charge is 0.347 e. The molecule has 1 atom stereocenters. The molecule has 0 aliphatic rings. The van der Waals surface area contributed by atoms with Gasteiger partial charge in [-0.05, 0) is 25.1 Å². The number of carbonyl (C=O) groups is 1. The Labute approximate surface area is 115 Å². The zero-order valence-electron chi connectivity index (χ0n) is 11.1. The summed E-state index contributed by atoms with van der Waals surface area (Å²) in [6.45, 7) is 2.18. The SMILES string of the molecule is CC(C(=O)NCc1nc2ccccc2[nH]1)n1cccn1. The molecule has 2 heterocycles. The van der Waals surface area contributed by atoms with Crippen LogP contribution in [0.3, 0.4) is 0 Å². The maximum Gasteiger partial charge on any atom is 0.244 e. The number of fused-ring (bicyclic) bond motifs is 1. The predicted octanol–water partition coefficient (Wildman–Crippen LogP) is 1.64. The molecule has 0 aliphatic heterocycles. The predicted molar refractivity (Wildman–Crippen MR) is 74.9 cm³/mol. The van der Waals surface area contributed by atoms with E-state index in [1.165, 1.54) is 0 Å². The Bertz CT molecular complexity index is 683. The van der Waals surface area contributed by atoms with Crippen molar-refractivity contribution in [1.29, 1.82) is 0 Å². The third-order valence-electron chi connectivity index (χ3n) is 3.17. The van der Waals surface area contributed by atoms with E-state index in [1.54, 1.807) is 30.1 Å². The second kappa shape index (κ2) is 5.16. The number of hydrogen-bond donors (Lipinski definition) is 2.